The Morgan fingerprint density at radius 3 is 2.62 bits per heavy atom. The molecule has 3 saturated carbocycles. The lowest BCUT2D eigenvalue weighted by atomic mass is 9.46. The van der Waals surface area contributed by atoms with Crippen LogP contribution in [0.3, 0.4) is 0 Å². The summed E-state index contributed by atoms with van der Waals surface area (Å²) in [5, 5.41) is 12.9. The summed E-state index contributed by atoms with van der Waals surface area (Å²) < 4.78 is 0. The van der Waals surface area contributed by atoms with Crippen molar-refractivity contribution in [2.45, 2.75) is 65.3 Å². The zero-order chi connectivity index (χ0) is 17.3. The molecule has 4 heteroatoms. The molecule has 0 aromatic carbocycles. The lowest BCUT2D eigenvalue weighted by Crippen LogP contribution is -2.60. The maximum absolute atomic E-state index is 11.9. The molecule has 2 unspecified atom stereocenters. The van der Waals surface area contributed by atoms with E-state index in [-0.39, 0.29) is 28.7 Å². The van der Waals surface area contributed by atoms with Crippen molar-refractivity contribution in [3.63, 3.8) is 0 Å². The van der Waals surface area contributed by atoms with Crippen LogP contribution in [-0.4, -0.2) is 23.0 Å². The van der Waals surface area contributed by atoms with Gasteiger partial charge in [-0.25, -0.2) is 0 Å². The first-order chi connectivity index (χ1) is 11.3. The Labute approximate surface area is 144 Å². The van der Waals surface area contributed by atoms with Crippen LogP contribution in [0.25, 0.3) is 0 Å². The highest BCUT2D eigenvalue weighted by atomic mass is 16.4. The van der Waals surface area contributed by atoms with E-state index in [2.05, 4.69) is 26.1 Å². The fourth-order valence-corrected chi connectivity index (χ4v) is 7.11. The van der Waals surface area contributed by atoms with E-state index in [0.29, 0.717) is 17.8 Å². The Hall–Kier alpha value is -1.32. The van der Waals surface area contributed by atoms with Crippen LogP contribution in [0.1, 0.15) is 59.3 Å². The number of carbonyl (C=O) groups is 2. The van der Waals surface area contributed by atoms with Crippen molar-refractivity contribution in [1.82, 2.24) is 5.32 Å². The van der Waals surface area contributed by atoms with E-state index in [4.69, 9.17) is 0 Å². The van der Waals surface area contributed by atoms with Crippen LogP contribution in [0.5, 0.6) is 0 Å². The third-order valence-electron chi connectivity index (χ3n) is 8.53. The number of carboxylic acid groups (broad SMARTS) is 1. The number of nitrogens with one attached hydrogen (secondary N) is 1. The van der Waals surface area contributed by atoms with E-state index in [1.54, 1.807) is 6.08 Å². The van der Waals surface area contributed by atoms with Gasteiger partial charge in [0, 0.05) is 17.5 Å². The van der Waals surface area contributed by atoms with Gasteiger partial charge < -0.3 is 10.4 Å². The first kappa shape index (κ1) is 16.2. The molecule has 7 atom stereocenters. The number of aliphatic carboxylic acids is 1. The second kappa shape index (κ2) is 5.09. The summed E-state index contributed by atoms with van der Waals surface area (Å²) in [6, 6.07) is 0.247. The number of hydrogen-bond donors (Lipinski definition) is 2. The minimum Gasteiger partial charge on any atom is -0.481 e. The summed E-state index contributed by atoms with van der Waals surface area (Å²) >= 11 is 0. The van der Waals surface area contributed by atoms with Gasteiger partial charge in [-0.3, -0.25) is 9.59 Å². The van der Waals surface area contributed by atoms with Crippen molar-refractivity contribution < 1.29 is 14.7 Å². The van der Waals surface area contributed by atoms with Crippen LogP contribution in [0.15, 0.2) is 11.6 Å². The Kier molecular flexibility index (Phi) is 3.43. The molecule has 1 heterocycles. The summed E-state index contributed by atoms with van der Waals surface area (Å²) in [4.78, 5) is 23.7. The van der Waals surface area contributed by atoms with Crippen molar-refractivity contribution in [2.24, 2.45) is 34.5 Å². The average molecular weight is 331 g/mol. The Balaban J connectivity index is 1.70. The van der Waals surface area contributed by atoms with Crippen LogP contribution >= 0.6 is 0 Å². The van der Waals surface area contributed by atoms with Crippen LogP contribution < -0.4 is 5.32 Å². The first-order valence-corrected chi connectivity index (χ1v) is 9.50. The topological polar surface area (TPSA) is 66.4 Å². The van der Waals surface area contributed by atoms with Gasteiger partial charge in [-0.15, -0.1) is 0 Å². The number of fused-ring (bicyclic) bond motifs is 5. The summed E-state index contributed by atoms with van der Waals surface area (Å²) in [5.41, 5.74) is 1.23. The van der Waals surface area contributed by atoms with Crippen molar-refractivity contribution in [3.05, 3.63) is 11.6 Å². The maximum atomic E-state index is 11.9. The van der Waals surface area contributed by atoms with Crippen LogP contribution in [0.4, 0.5) is 0 Å². The normalized spacial score (nSPS) is 50.2. The molecule has 1 aliphatic heterocycles. The second-order valence-corrected chi connectivity index (χ2v) is 9.14. The standard InChI is InChI=1S/C20H29NO3/c1-11-10-17(22)21-16-7-4-12-13-5-6-15(18(23)24)19(13,2)9-8-14(12)20(11,16)3/h10,12-16H,4-9H2,1-3H3,(H,21,22)(H,23,24)/t12-,13-,14-,15?,16?,19-,20+/m0/s1. The molecule has 4 aliphatic rings. The van der Waals surface area contributed by atoms with Crippen LogP contribution in [0, 0.1) is 34.5 Å². The molecule has 4 nitrogen and oxygen atoms in total. The summed E-state index contributed by atoms with van der Waals surface area (Å²) in [6.07, 6.45) is 7.95. The highest BCUT2D eigenvalue weighted by molar-refractivity contribution is 5.90. The van der Waals surface area contributed by atoms with Crippen LogP contribution in [-0.2, 0) is 9.59 Å². The van der Waals surface area contributed by atoms with Crippen molar-refractivity contribution >= 4 is 11.9 Å². The molecule has 0 spiro atoms. The predicted molar refractivity (Wildman–Crippen MR) is 91.2 cm³/mol. The molecule has 4 rings (SSSR count). The highest BCUT2D eigenvalue weighted by Gasteiger charge is 2.61. The van der Waals surface area contributed by atoms with E-state index in [9.17, 15) is 14.7 Å². The SMILES string of the molecule is CC1=CC(=O)NC2CC[C@@H]3[C@H](CC[C@]4(C)C(C(=O)O)CC[C@@H]34)[C@@]12C. The number of carboxylic acids is 1. The van der Waals surface area contributed by atoms with E-state index in [1.807, 2.05) is 0 Å². The fraction of sp³-hybridized carbons (Fsp3) is 0.800. The summed E-state index contributed by atoms with van der Waals surface area (Å²) in [5.74, 6) is 0.990. The third kappa shape index (κ3) is 1.91. The van der Waals surface area contributed by atoms with Crippen molar-refractivity contribution in [1.29, 1.82) is 0 Å². The molecule has 3 aliphatic carbocycles. The number of rotatable bonds is 1. The Morgan fingerprint density at radius 2 is 1.92 bits per heavy atom. The van der Waals surface area contributed by atoms with Crippen LogP contribution in [0.2, 0.25) is 0 Å². The largest absolute Gasteiger partial charge is 0.481 e. The lowest BCUT2D eigenvalue weighted by molar-refractivity contribution is -0.150. The fourth-order valence-electron chi connectivity index (χ4n) is 7.11. The van der Waals surface area contributed by atoms with Gasteiger partial charge in [0.1, 0.15) is 0 Å². The molecule has 0 saturated heterocycles. The number of carbonyl (C=O) groups excluding carboxylic acids is 1. The minimum absolute atomic E-state index is 0.0360. The molecule has 2 N–H and O–H groups in total. The van der Waals surface area contributed by atoms with Crippen molar-refractivity contribution in [3.8, 4) is 0 Å². The van der Waals surface area contributed by atoms with Gasteiger partial charge in [0.2, 0.25) is 5.91 Å². The average Bonchev–Trinajstić information content (AvgIpc) is 2.86. The molecule has 3 fully saturated rings. The zero-order valence-corrected chi connectivity index (χ0v) is 15.0. The minimum atomic E-state index is -0.598. The van der Waals surface area contributed by atoms with E-state index >= 15 is 0 Å². The van der Waals surface area contributed by atoms with Crippen molar-refractivity contribution in [2.75, 3.05) is 0 Å². The Morgan fingerprint density at radius 1 is 1.17 bits per heavy atom. The van der Waals surface area contributed by atoms with Gasteiger partial charge in [-0.05, 0) is 68.6 Å². The zero-order valence-electron chi connectivity index (χ0n) is 15.0. The molecule has 0 bridgehead atoms. The van der Waals surface area contributed by atoms with Gasteiger partial charge in [-0.1, -0.05) is 19.4 Å². The molecular weight excluding hydrogens is 302 g/mol. The quantitative estimate of drug-likeness (QED) is 0.774. The smallest absolute Gasteiger partial charge is 0.307 e. The highest BCUT2D eigenvalue weighted by Crippen LogP contribution is 2.65. The number of hydrogen-bond acceptors (Lipinski definition) is 2. The maximum Gasteiger partial charge on any atom is 0.307 e. The summed E-state index contributed by atoms with van der Waals surface area (Å²) in [6.45, 7) is 6.70. The first-order valence-electron chi connectivity index (χ1n) is 9.50. The van der Waals surface area contributed by atoms with E-state index in [0.717, 1.165) is 38.5 Å². The van der Waals surface area contributed by atoms with E-state index in [1.165, 1.54) is 5.57 Å². The molecule has 132 valence electrons. The monoisotopic (exact) mass is 331 g/mol. The number of amides is 1. The van der Waals surface area contributed by atoms with Gasteiger partial charge >= 0.3 is 5.97 Å². The molecule has 1 amide bonds. The molecule has 24 heavy (non-hydrogen) atoms. The van der Waals surface area contributed by atoms with Gasteiger partial charge in [0.15, 0.2) is 0 Å². The van der Waals surface area contributed by atoms with Gasteiger partial charge in [0.05, 0.1) is 5.92 Å². The molecule has 0 aromatic heterocycles. The van der Waals surface area contributed by atoms with Gasteiger partial charge in [-0.2, -0.15) is 0 Å². The summed E-state index contributed by atoms with van der Waals surface area (Å²) in [7, 11) is 0. The predicted octanol–water partition coefficient (Wildman–Crippen LogP) is 3.37. The molecular formula is C20H29NO3. The molecule has 0 radical (unpaired) electrons. The lowest BCUT2D eigenvalue weighted by Gasteiger charge is -2.60. The molecule has 0 aromatic rings. The van der Waals surface area contributed by atoms with Gasteiger partial charge in [0.25, 0.3) is 0 Å². The third-order valence-corrected chi connectivity index (χ3v) is 8.53. The van der Waals surface area contributed by atoms with E-state index < -0.39 is 5.97 Å². The Bertz CT molecular complexity index is 626. The second-order valence-electron chi connectivity index (χ2n) is 9.14.